The van der Waals surface area contributed by atoms with Crippen molar-refractivity contribution in [2.45, 2.75) is 6.10 Å². The molecule has 1 fully saturated rings. The van der Waals surface area contributed by atoms with Crippen LogP contribution in [0.1, 0.15) is 0 Å². The van der Waals surface area contributed by atoms with Gasteiger partial charge in [0.1, 0.15) is 5.75 Å². The summed E-state index contributed by atoms with van der Waals surface area (Å²) in [6, 6.07) is 5.64. The van der Waals surface area contributed by atoms with Crippen LogP contribution in [0.3, 0.4) is 0 Å². The summed E-state index contributed by atoms with van der Waals surface area (Å²) in [4.78, 5) is 2.08. The van der Waals surface area contributed by atoms with Crippen LogP contribution in [-0.2, 0) is 0 Å². The molecule has 1 aromatic rings. The molecule has 2 rings (SSSR count). The fraction of sp³-hybridized carbons (Fsp3) is 0.400. The number of ether oxygens (including phenoxy) is 1. The van der Waals surface area contributed by atoms with E-state index < -0.39 is 0 Å². The maximum Gasteiger partial charge on any atom is 0.143 e. The molecule has 14 heavy (non-hydrogen) atoms. The lowest BCUT2D eigenvalue weighted by Crippen LogP contribution is -2.50. The minimum Gasteiger partial charge on any atom is -0.495 e. The second-order valence-electron chi connectivity index (χ2n) is 3.49. The van der Waals surface area contributed by atoms with Crippen molar-refractivity contribution >= 4 is 11.4 Å². The van der Waals surface area contributed by atoms with E-state index >= 15 is 0 Å². The summed E-state index contributed by atoms with van der Waals surface area (Å²) in [6.07, 6.45) is -0.196. The van der Waals surface area contributed by atoms with E-state index in [9.17, 15) is 0 Å². The van der Waals surface area contributed by atoms with Crippen molar-refractivity contribution < 1.29 is 9.84 Å². The zero-order valence-electron chi connectivity index (χ0n) is 8.10. The second kappa shape index (κ2) is 3.38. The highest BCUT2D eigenvalue weighted by Crippen LogP contribution is 2.29. The molecule has 0 saturated carbocycles. The van der Waals surface area contributed by atoms with Gasteiger partial charge in [-0.05, 0) is 12.1 Å². The molecule has 1 saturated heterocycles. The molecule has 0 amide bonds. The van der Waals surface area contributed by atoms with Crippen molar-refractivity contribution in [1.29, 1.82) is 0 Å². The Morgan fingerprint density at radius 1 is 1.50 bits per heavy atom. The van der Waals surface area contributed by atoms with E-state index in [-0.39, 0.29) is 6.10 Å². The van der Waals surface area contributed by atoms with Gasteiger partial charge in [0.2, 0.25) is 0 Å². The molecule has 3 N–H and O–H groups in total. The van der Waals surface area contributed by atoms with Gasteiger partial charge in [-0.3, -0.25) is 0 Å². The third-order valence-electron chi connectivity index (χ3n) is 2.44. The molecule has 4 heteroatoms. The molecule has 76 valence electrons. The lowest BCUT2D eigenvalue weighted by molar-refractivity contribution is 0.142. The molecule has 1 aromatic carbocycles. The average molecular weight is 194 g/mol. The Morgan fingerprint density at radius 3 is 2.79 bits per heavy atom. The molecule has 0 atom stereocenters. The summed E-state index contributed by atoms with van der Waals surface area (Å²) in [5.74, 6) is 0.684. The zero-order valence-corrected chi connectivity index (χ0v) is 8.10. The summed E-state index contributed by atoms with van der Waals surface area (Å²) >= 11 is 0. The monoisotopic (exact) mass is 194 g/mol. The summed E-state index contributed by atoms with van der Waals surface area (Å²) in [6.45, 7) is 1.38. The van der Waals surface area contributed by atoms with Crippen LogP contribution in [0.2, 0.25) is 0 Å². The first-order valence-corrected chi connectivity index (χ1v) is 4.57. The molecular formula is C10H14N2O2. The first-order valence-electron chi connectivity index (χ1n) is 4.57. The Labute approximate surface area is 82.9 Å². The van der Waals surface area contributed by atoms with Crippen molar-refractivity contribution in [1.82, 2.24) is 0 Å². The summed E-state index contributed by atoms with van der Waals surface area (Å²) in [7, 11) is 1.60. The third-order valence-corrected chi connectivity index (χ3v) is 2.44. The van der Waals surface area contributed by atoms with Gasteiger partial charge >= 0.3 is 0 Å². The lowest BCUT2D eigenvalue weighted by atomic mass is 10.1. The third kappa shape index (κ3) is 1.48. The Bertz CT molecular complexity index is 335. The standard InChI is InChI=1S/C10H14N2O2/c1-14-10-4-7(2-3-9(10)11)12-5-8(13)6-12/h2-4,8,13H,5-6,11H2,1H3. The van der Waals surface area contributed by atoms with Crippen molar-refractivity contribution in [2.24, 2.45) is 0 Å². The summed E-state index contributed by atoms with van der Waals surface area (Å²) in [5, 5.41) is 9.16. The first kappa shape index (κ1) is 9.15. The highest BCUT2D eigenvalue weighted by Gasteiger charge is 2.24. The predicted octanol–water partition coefficient (Wildman–Crippen LogP) is 0.458. The minimum atomic E-state index is -0.196. The predicted molar refractivity (Wildman–Crippen MR) is 55.6 cm³/mol. The molecule has 0 bridgehead atoms. The second-order valence-corrected chi connectivity index (χ2v) is 3.49. The van der Waals surface area contributed by atoms with E-state index in [1.54, 1.807) is 7.11 Å². The molecule has 0 unspecified atom stereocenters. The molecule has 1 aliphatic heterocycles. The molecule has 0 spiro atoms. The molecule has 1 heterocycles. The van der Waals surface area contributed by atoms with Gasteiger partial charge in [0.05, 0.1) is 18.9 Å². The quantitative estimate of drug-likeness (QED) is 0.671. The number of nitrogens with two attached hydrogens (primary N) is 1. The van der Waals surface area contributed by atoms with Gasteiger partial charge in [-0.15, -0.1) is 0 Å². The van der Waals surface area contributed by atoms with Gasteiger partial charge in [-0.25, -0.2) is 0 Å². The Balaban J connectivity index is 2.19. The fourth-order valence-electron chi connectivity index (χ4n) is 1.56. The zero-order chi connectivity index (χ0) is 10.1. The van der Waals surface area contributed by atoms with Crippen molar-refractivity contribution in [3.05, 3.63) is 18.2 Å². The summed E-state index contributed by atoms with van der Waals surface area (Å²) < 4.78 is 5.12. The van der Waals surface area contributed by atoms with Gasteiger partial charge < -0.3 is 20.5 Å². The van der Waals surface area contributed by atoms with Crippen molar-refractivity contribution in [3.8, 4) is 5.75 Å². The Kier molecular flexibility index (Phi) is 2.21. The minimum absolute atomic E-state index is 0.196. The van der Waals surface area contributed by atoms with E-state index in [0.717, 1.165) is 5.69 Å². The maximum atomic E-state index is 9.16. The summed E-state index contributed by atoms with van der Waals surface area (Å²) in [5.41, 5.74) is 7.37. The van der Waals surface area contributed by atoms with Crippen molar-refractivity contribution in [3.63, 3.8) is 0 Å². The van der Waals surface area contributed by atoms with E-state index in [4.69, 9.17) is 15.6 Å². The van der Waals surface area contributed by atoms with Crippen LogP contribution in [-0.4, -0.2) is 31.4 Å². The van der Waals surface area contributed by atoms with Crippen LogP contribution in [0.4, 0.5) is 11.4 Å². The van der Waals surface area contributed by atoms with Crippen LogP contribution >= 0.6 is 0 Å². The smallest absolute Gasteiger partial charge is 0.143 e. The van der Waals surface area contributed by atoms with E-state index in [1.807, 2.05) is 18.2 Å². The number of benzene rings is 1. The van der Waals surface area contributed by atoms with Gasteiger partial charge in [-0.1, -0.05) is 0 Å². The molecule has 0 aromatic heterocycles. The van der Waals surface area contributed by atoms with Gasteiger partial charge in [0.25, 0.3) is 0 Å². The average Bonchev–Trinajstić information content (AvgIpc) is 2.14. The highest BCUT2D eigenvalue weighted by molar-refractivity contribution is 5.63. The first-order chi connectivity index (χ1) is 6.70. The fourth-order valence-corrected chi connectivity index (χ4v) is 1.56. The van der Waals surface area contributed by atoms with Crippen LogP contribution in [0, 0.1) is 0 Å². The van der Waals surface area contributed by atoms with Crippen LogP contribution < -0.4 is 15.4 Å². The molecule has 0 aliphatic carbocycles. The number of methoxy groups -OCH3 is 1. The van der Waals surface area contributed by atoms with Crippen molar-refractivity contribution in [2.75, 3.05) is 30.8 Å². The molecule has 0 radical (unpaired) electrons. The molecule has 4 nitrogen and oxygen atoms in total. The SMILES string of the molecule is COc1cc(N2CC(O)C2)ccc1N. The van der Waals surface area contributed by atoms with E-state index in [2.05, 4.69) is 4.90 Å². The number of hydrogen-bond donors (Lipinski definition) is 2. The number of nitrogens with zero attached hydrogens (tertiary/aromatic N) is 1. The number of β-amino-alcohol motifs (C(OH)–C–C–N with tert-alkyl or cyclic N) is 1. The maximum absolute atomic E-state index is 9.16. The number of nitrogen functional groups attached to an aromatic ring is 1. The van der Waals surface area contributed by atoms with Gasteiger partial charge in [-0.2, -0.15) is 0 Å². The Morgan fingerprint density at radius 2 is 2.21 bits per heavy atom. The number of aliphatic hydroxyl groups is 1. The van der Waals surface area contributed by atoms with Crippen LogP contribution in [0.15, 0.2) is 18.2 Å². The number of rotatable bonds is 2. The lowest BCUT2D eigenvalue weighted by Gasteiger charge is -2.38. The van der Waals surface area contributed by atoms with Crippen LogP contribution in [0.25, 0.3) is 0 Å². The van der Waals surface area contributed by atoms with Crippen LogP contribution in [0.5, 0.6) is 5.75 Å². The van der Waals surface area contributed by atoms with Gasteiger partial charge in [0, 0.05) is 24.8 Å². The Hall–Kier alpha value is -1.42. The normalized spacial score (nSPS) is 16.6. The molecule has 1 aliphatic rings. The van der Waals surface area contributed by atoms with E-state index in [1.165, 1.54) is 0 Å². The van der Waals surface area contributed by atoms with Gasteiger partial charge in [0.15, 0.2) is 0 Å². The topological polar surface area (TPSA) is 58.7 Å². The highest BCUT2D eigenvalue weighted by atomic mass is 16.5. The molecular weight excluding hydrogens is 180 g/mol. The number of hydrogen-bond acceptors (Lipinski definition) is 4. The number of aliphatic hydroxyl groups excluding tert-OH is 1. The van der Waals surface area contributed by atoms with E-state index in [0.29, 0.717) is 24.5 Å². The largest absolute Gasteiger partial charge is 0.495 e. The number of anilines is 2.